The molecule has 0 aliphatic rings. The summed E-state index contributed by atoms with van der Waals surface area (Å²) in [5, 5.41) is 8.63. The van der Waals surface area contributed by atoms with Gasteiger partial charge in [0.25, 0.3) is 5.56 Å². The Balaban J connectivity index is 1.72. The molecule has 0 bridgehead atoms. The van der Waals surface area contributed by atoms with Crippen LogP contribution in [0.1, 0.15) is 5.56 Å². The van der Waals surface area contributed by atoms with Crippen molar-refractivity contribution in [2.24, 2.45) is 12.8 Å². The van der Waals surface area contributed by atoms with Crippen molar-refractivity contribution < 1.29 is 4.79 Å². The highest BCUT2D eigenvalue weighted by molar-refractivity contribution is 5.82. The minimum atomic E-state index is -0.481. The van der Waals surface area contributed by atoms with Crippen LogP contribution in [0.5, 0.6) is 0 Å². The van der Waals surface area contributed by atoms with Crippen molar-refractivity contribution in [2.75, 3.05) is 0 Å². The maximum Gasteiger partial charge on any atom is 0.250 e. The summed E-state index contributed by atoms with van der Waals surface area (Å²) in [5.41, 5.74) is 9.44. The fourth-order valence-corrected chi connectivity index (χ4v) is 3.21. The smallest absolute Gasteiger partial charge is 0.250 e. The molecule has 1 aromatic carbocycles. The Morgan fingerprint density at radius 1 is 0.966 bits per heavy atom. The zero-order valence-corrected chi connectivity index (χ0v) is 15.9. The number of nitrogens with zero attached hydrogens (tertiary/aromatic N) is 5. The van der Waals surface area contributed by atoms with Gasteiger partial charge in [0.2, 0.25) is 5.91 Å². The van der Waals surface area contributed by atoms with Crippen LogP contribution in [0, 0.1) is 0 Å². The first-order valence-electron chi connectivity index (χ1n) is 9.08. The molecule has 3 aromatic heterocycles. The predicted molar refractivity (Wildman–Crippen MR) is 109 cm³/mol. The van der Waals surface area contributed by atoms with Gasteiger partial charge in [0, 0.05) is 48.4 Å². The summed E-state index contributed by atoms with van der Waals surface area (Å²) >= 11 is 0. The third-order valence-electron chi connectivity index (χ3n) is 4.62. The molecule has 0 aliphatic heterocycles. The number of hydrogen-bond acceptors (Lipinski definition) is 4. The van der Waals surface area contributed by atoms with E-state index in [4.69, 9.17) is 5.73 Å². The standard InChI is InChI=1S/C21H20N6O2/c1-25-13-19(17-9-23-26(12-17)10-15-5-3-2-4-6-15)18(7-21(25)29)16-8-24-27(11-16)14-20(22)28/h2-9,11-13H,10,14H2,1H3,(H2,22,28). The van der Waals surface area contributed by atoms with Gasteiger partial charge in [-0.3, -0.25) is 19.0 Å². The van der Waals surface area contributed by atoms with Crippen LogP contribution in [-0.4, -0.2) is 30.0 Å². The SMILES string of the molecule is Cn1cc(-c2cnn(Cc3ccccc3)c2)c(-c2cnn(CC(N)=O)c2)cc1=O. The first kappa shape index (κ1) is 18.4. The second-order valence-corrected chi connectivity index (χ2v) is 6.86. The molecule has 0 radical (unpaired) electrons. The molecule has 3 heterocycles. The molecule has 29 heavy (non-hydrogen) atoms. The van der Waals surface area contributed by atoms with E-state index in [0.29, 0.717) is 6.54 Å². The molecule has 0 fully saturated rings. The molecule has 8 nitrogen and oxygen atoms in total. The number of hydrogen-bond donors (Lipinski definition) is 1. The summed E-state index contributed by atoms with van der Waals surface area (Å²) in [6.07, 6.45) is 8.84. The lowest BCUT2D eigenvalue weighted by atomic mass is 10.0. The molecule has 0 saturated carbocycles. The molecular formula is C21H20N6O2. The van der Waals surface area contributed by atoms with Gasteiger partial charge in [-0.15, -0.1) is 0 Å². The number of nitrogens with two attached hydrogens (primary N) is 1. The molecule has 0 atom stereocenters. The zero-order chi connectivity index (χ0) is 20.4. The second kappa shape index (κ2) is 7.59. The minimum absolute atomic E-state index is 0.0187. The quantitative estimate of drug-likeness (QED) is 0.543. The van der Waals surface area contributed by atoms with Crippen molar-refractivity contribution in [2.45, 2.75) is 13.1 Å². The lowest BCUT2D eigenvalue weighted by Crippen LogP contribution is -2.18. The van der Waals surface area contributed by atoms with Crippen molar-refractivity contribution >= 4 is 5.91 Å². The van der Waals surface area contributed by atoms with E-state index in [9.17, 15) is 9.59 Å². The molecule has 0 aliphatic carbocycles. The highest BCUT2D eigenvalue weighted by Crippen LogP contribution is 2.30. The molecule has 1 amide bonds. The molecule has 4 rings (SSSR count). The fraction of sp³-hybridized carbons (Fsp3) is 0.143. The van der Waals surface area contributed by atoms with Crippen LogP contribution in [0.2, 0.25) is 0 Å². The van der Waals surface area contributed by atoms with Gasteiger partial charge in [0.05, 0.1) is 18.9 Å². The Morgan fingerprint density at radius 2 is 1.62 bits per heavy atom. The number of pyridine rings is 1. The van der Waals surface area contributed by atoms with E-state index in [1.54, 1.807) is 37.9 Å². The maximum absolute atomic E-state index is 12.3. The van der Waals surface area contributed by atoms with E-state index < -0.39 is 5.91 Å². The number of primary amides is 1. The van der Waals surface area contributed by atoms with E-state index in [0.717, 1.165) is 27.8 Å². The van der Waals surface area contributed by atoms with Gasteiger partial charge in [0.1, 0.15) is 6.54 Å². The predicted octanol–water partition coefficient (Wildman–Crippen LogP) is 1.65. The third kappa shape index (κ3) is 4.01. The maximum atomic E-state index is 12.3. The van der Waals surface area contributed by atoms with E-state index in [1.807, 2.05) is 41.2 Å². The lowest BCUT2D eigenvalue weighted by molar-refractivity contribution is -0.118. The minimum Gasteiger partial charge on any atom is -0.368 e. The van der Waals surface area contributed by atoms with Crippen LogP contribution in [0.3, 0.4) is 0 Å². The van der Waals surface area contributed by atoms with Crippen LogP contribution in [0.15, 0.2) is 72.2 Å². The molecule has 146 valence electrons. The van der Waals surface area contributed by atoms with Gasteiger partial charge in [-0.1, -0.05) is 30.3 Å². The van der Waals surface area contributed by atoms with Crippen molar-refractivity contribution in [3.8, 4) is 22.3 Å². The number of benzene rings is 1. The van der Waals surface area contributed by atoms with Crippen molar-refractivity contribution in [3.63, 3.8) is 0 Å². The Hall–Kier alpha value is -3.94. The van der Waals surface area contributed by atoms with Gasteiger partial charge in [0.15, 0.2) is 0 Å². The summed E-state index contributed by atoms with van der Waals surface area (Å²) in [4.78, 5) is 23.4. The van der Waals surface area contributed by atoms with Crippen LogP contribution in [0.4, 0.5) is 0 Å². The van der Waals surface area contributed by atoms with Gasteiger partial charge in [-0.05, 0) is 11.1 Å². The Morgan fingerprint density at radius 3 is 2.34 bits per heavy atom. The van der Waals surface area contributed by atoms with Crippen LogP contribution in [0.25, 0.3) is 22.3 Å². The van der Waals surface area contributed by atoms with Crippen LogP contribution < -0.4 is 11.3 Å². The van der Waals surface area contributed by atoms with E-state index in [2.05, 4.69) is 10.2 Å². The molecular weight excluding hydrogens is 368 g/mol. The van der Waals surface area contributed by atoms with Crippen molar-refractivity contribution in [3.05, 3.63) is 83.3 Å². The highest BCUT2D eigenvalue weighted by Gasteiger charge is 2.14. The summed E-state index contributed by atoms with van der Waals surface area (Å²) in [6.45, 7) is 0.633. The molecule has 2 N–H and O–H groups in total. The normalized spacial score (nSPS) is 10.9. The Kier molecular flexibility index (Phi) is 4.82. The number of aryl methyl sites for hydroxylation is 1. The van der Waals surface area contributed by atoms with Crippen molar-refractivity contribution in [1.29, 1.82) is 0 Å². The van der Waals surface area contributed by atoms with Gasteiger partial charge >= 0.3 is 0 Å². The van der Waals surface area contributed by atoms with E-state index >= 15 is 0 Å². The monoisotopic (exact) mass is 388 g/mol. The largest absolute Gasteiger partial charge is 0.368 e. The Bertz CT molecular complexity index is 1220. The second-order valence-electron chi connectivity index (χ2n) is 6.86. The van der Waals surface area contributed by atoms with E-state index in [1.165, 1.54) is 9.25 Å². The first-order chi connectivity index (χ1) is 14.0. The summed E-state index contributed by atoms with van der Waals surface area (Å²) in [5.74, 6) is -0.481. The average Bonchev–Trinajstić information content (AvgIpc) is 3.34. The van der Waals surface area contributed by atoms with Gasteiger partial charge < -0.3 is 10.3 Å². The summed E-state index contributed by atoms with van der Waals surface area (Å²) in [7, 11) is 1.71. The van der Waals surface area contributed by atoms with Crippen LogP contribution in [-0.2, 0) is 24.9 Å². The topological polar surface area (TPSA) is 101 Å². The van der Waals surface area contributed by atoms with Gasteiger partial charge in [-0.25, -0.2) is 0 Å². The number of aromatic nitrogens is 5. The molecule has 0 spiro atoms. The fourth-order valence-electron chi connectivity index (χ4n) is 3.21. The van der Waals surface area contributed by atoms with Crippen molar-refractivity contribution in [1.82, 2.24) is 24.1 Å². The van der Waals surface area contributed by atoms with Crippen LogP contribution >= 0.6 is 0 Å². The number of carbonyl (C=O) groups is 1. The highest BCUT2D eigenvalue weighted by atomic mass is 16.1. The summed E-state index contributed by atoms with van der Waals surface area (Å²) in [6, 6.07) is 11.6. The average molecular weight is 388 g/mol. The third-order valence-corrected chi connectivity index (χ3v) is 4.62. The lowest BCUT2D eigenvalue weighted by Gasteiger charge is -2.08. The zero-order valence-electron chi connectivity index (χ0n) is 15.9. The number of rotatable bonds is 6. The Labute approximate surface area is 166 Å². The molecule has 0 saturated heterocycles. The first-order valence-corrected chi connectivity index (χ1v) is 9.08. The van der Waals surface area contributed by atoms with E-state index in [-0.39, 0.29) is 12.1 Å². The number of amides is 1. The van der Waals surface area contributed by atoms with Gasteiger partial charge in [-0.2, -0.15) is 10.2 Å². The number of carbonyl (C=O) groups excluding carboxylic acids is 1. The summed E-state index contributed by atoms with van der Waals surface area (Å²) < 4.78 is 4.84. The molecule has 4 aromatic rings. The molecule has 0 unspecified atom stereocenters. The molecule has 8 heteroatoms.